The van der Waals surface area contributed by atoms with Crippen molar-refractivity contribution in [3.8, 4) is 0 Å². The molecule has 0 spiro atoms. The van der Waals surface area contributed by atoms with Crippen LogP contribution in [0, 0.1) is 0 Å². The molecule has 1 N–H and O–H groups in total. The Bertz CT molecular complexity index is 193. The van der Waals surface area contributed by atoms with Crippen LogP contribution >= 0.6 is 0 Å². The number of rotatable bonds is 1. The van der Waals surface area contributed by atoms with E-state index >= 15 is 0 Å². The lowest BCUT2D eigenvalue weighted by Gasteiger charge is -2.02. The number of hydrogen-bond donors (Lipinski definition) is 1. The molecule has 1 heterocycles. The van der Waals surface area contributed by atoms with Crippen molar-refractivity contribution in [1.29, 1.82) is 0 Å². The molecule has 1 rings (SSSR count). The molecule has 1 fully saturated rings. The van der Waals surface area contributed by atoms with Gasteiger partial charge in [-0.05, 0) is 0 Å². The Morgan fingerprint density at radius 2 is 2.36 bits per heavy atom. The summed E-state index contributed by atoms with van der Waals surface area (Å²) in [5.74, 6) is -3.53. The molecule has 0 unspecified atom stereocenters. The first kappa shape index (κ1) is 8.26. The molecule has 11 heavy (non-hydrogen) atoms. The fourth-order valence-electron chi connectivity index (χ4n) is 0.983. The normalized spacial score (nSPS) is 28.4. The quantitative estimate of drug-likeness (QED) is 0.548. The maximum atomic E-state index is 12.4. The highest BCUT2D eigenvalue weighted by atomic mass is 19.3. The van der Waals surface area contributed by atoms with Gasteiger partial charge in [0.2, 0.25) is 0 Å². The zero-order valence-electron chi connectivity index (χ0n) is 5.77. The molecule has 1 atom stereocenters. The summed E-state index contributed by atoms with van der Waals surface area (Å²) in [5.41, 5.74) is 0. The van der Waals surface area contributed by atoms with Gasteiger partial charge in [0, 0.05) is 6.42 Å². The van der Waals surface area contributed by atoms with Crippen molar-refractivity contribution in [3.63, 3.8) is 0 Å². The predicted molar refractivity (Wildman–Crippen MR) is 33.5 cm³/mol. The van der Waals surface area contributed by atoms with E-state index in [2.05, 4.69) is 16.5 Å². The topological polar surface area (TPSA) is 40.4 Å². The summed E-state index contributed by atoms with van der Waals surface area (Å²) < 4.78 is 28.8. The van der Waals surface area contributed by atoms with Gasteiger partial charge < -0.3 is 0 Å². The first-order valence-electron chi connectivity index (χ1n) is 3.12. The molecule has 3 nitrogen and oxygen atoms in total. The fourth-order valence-corrected chi connectivity index (χ4v) is 0.983. The van der Waals surface area contributed by atoms with Crippen LogP contribution in [0.15, 0.2) is 0 Å². The van der Waals surface area contributed by atoms with Crippen LogP contribution in [0.2, 0.25) is 0 Å². The molecule has 1 saturated heterocycles. The fraction of sp³-hybridized carbons (Fsp3) is 0.667. The second kappa shape index (κ2) is 2.65. The number of nitrogens with one attached hydrogen (secondary N) is 1. The lowest BCUT2D eigenvalue weighted by Crippen LogP contribution is -2.30. The molecule has 1 aliphatic heterocycles. The molecule has 0 aromatic rings. The maximum Gasteiger partial charge on any atom is 0.596 e. The summed E-state index contributed by atoms with van der Waals surface area (Å²) in [7, 11) is 0. The van der Waals surface area contributed by atoms with Gasteiger partial charge in [0.05, 0.1) is 11.3 Å². The van der Waals surface area contributed by atoms with Crippen molar-refractivity contribution < 1.29 is 18.0 Å². The Balaban J connectivity index is 2.54. The van der Waals surface area contributed by atoms with Crippen molar-refractivity contribution in [3.05, 3.63) is 0 Å². The summed E-state index contributed by atoms with van der Waals surface area (Å²) in [6.45, 7) is 2.38. The zero-order valence-corrected chi connectivity index (χ0v) is 5.77. The number of carbonyl (C=O) groups is 1. The maximum absolute atomic E-state index is 12.4. The van der Waals surface area contributed by atoms with Gasteiger partial charge in [0.1, 0.15) is 0 Å². The summed E-state index contributed by atoms with van der Waals surface area (Å²) in [4.78, 5) is 10.6. The van der Waals surface area contributed by atoms with Crippen LogP contribution < -0.4 is 5.32 Å². The van der Waals surface area contributed by atoms with E-state index in [1.165, 1.54) is 0 Å². The second-order valence-corrected chi connectivity index (χ2v) is 2.46. The van der Waals surface area contributed by atoms with Gasteiger partial charge in [-0.15, -0.1) is 0 Å². The average Bonchev–Trinajstić information content (AvgIpc) is 2.29. The Labute approximate surface area is 62.1 Å². The number of halogens is 2. The SMILES string of the molecule is C=[O+]C(=O)[C@@H]1CC(F)(F)CN1. The summed E-state index contributed by atoms with van der Waals surface area (Å²) in [6.07, 6.45) is -0.499. The van der Waals surface area contributed by atoms with E-state index in [1.807, 2.05) is 0 Å². The van der Waals surface area contributed by atoms with E-state index in [0.717, 1.165) is 0 Å². The highest BCUT2D eigenvalue weighted by Crippen LogP contribution is 2.24. The molecule has 62 valence electrons. The number of hydrogen-bond acceptors (Lipinski definition) is 2. The largest absolute Gasteiger partial charge is 0.596 e. The van der Waals surface area contributed by atoms with Gasteiger partial charge in [0.15, 0.2) is 12.8 Å². The summed E-state index contributed by atoms with van der Waals surface area (Å²) >= 11 is 0. The minimum Gasteiger partial charge on any atom is -0.293 e. The molecular weight excluding hydrogens is 156 g/mol. The Morgan fingerprint density at radius 1 is 1.73 bits per heavy atom. The Hall–Kier alpha value is -0.840. The van der Waals surface area contributed by atoms with Crippen LogP contribution in [0.3, 0.4) is 0 Å². The van der Waals surface area contributed by atoms with Crippen LogP contribution in [0.5, 0.6) is 0 Å². The Morgan fingerprint density at radius 3 is 2.73 bits per heavy atom. The van der Waals surface area contributed by atoms with Gasteiger partial charge in [-0.2, -0.15) is 0 Å². The van der Waals surface area contributed by atoms with E-state index in [0.29, 0.717) is 0 Å². The molecular formula is C6H8F2NO2+. The first-order chi connectivity index (χ1) is 5.05. The third kappa shape index (κ3) is 1.80. The zero-order chi connectivity index (χ0) is 8.48. The van der Waals surface area contributed by atoms with Gasteiger partial charge in [-0.25, -0.2) is 8.78 Å². The van der Waals surface area contributed by atoms with Crippen molar-refractivity contribution in [2.45, 2.75) is 18.4 Å². The minimum absolute atomic E-state index is 0.466. The molecule has 0 aromatic heterocycles. The highest BCUT2D eigenvalue weighted by Gasteiger charge is 2.47. The van der Waals surface area contributed by atoms with E-state index in [1.54, 1.807) is 0 Å². The van der Waals surface area contributed by atoms with E-state index in [9.17, 15) is 13.6 Å². The first-order valence-corrected chi connectivity index (χ1v) is 3.12. The van der Waals surface area contributed by atoms with Crippen LogP contribution in [-0.2, 0) is 9.22 Å². The standard InChI is InChI=1S/C6H8F2NO2/c1-11-5(10)4-2-6(7,8)3-9-4/h4,9H,1-3H2/q+1/t4-/m0/s1. The molecule has 0 radical (unpaired) electrons. The monoisotopic (exact) mass is 164 g/mol. The summed E-state index contributed by atoms with van der Waals surface area (Å²) in [6, 6.07) is -0.900. The van der Waals surface area contributed by atoms with Crippen molar-refractivity contribution in [2.75, 3.05) is 6.54 Å². The predicted octanol–water partition coefficient (Wildman–Crippen LogP) is -0.125. The smallest absolute Gasteiger partial charge is 0.293 e. The van der Waals surface area contributed by atoms with Gasteiger partial charge in [-0.1, -0.05) is 0 Å². The molecule has 0 bridgehead atoms. The van der Waals surface area contributed by atoms with Gasteiger partial charge in [-0.3, -0.25) is 9.74 Å². The van der Waals surface area contributed by atoms with Crippen molar-refractivity contribution >= 4 is 12.8 Å². The molecule has 0 aromatic carbocycles. The summed E-state index contributed by atoms with van der Waals surface area (Å²) in [5, 5.41) is 2.33. The lowest BCUT2D eigenvalue weighted by molar-refractivity contribution is -0.371. The molecule has 1 aliphatic rings. The third-order valence-electron chi connectivity index (χ3n) is 1.54. The van der Waals surface area contributed by atoms with Crippen molar-refractivity contribution in [2.24, 2.45) is 0 Å². The third-order valence-corrected chi connectivity index (χ3v) is 1.54. The van der Waals surface area contributed by atoms with Crippen LogP contribution in [0.1, 0.15) is 6.42 Å². The second-order valence-electron chi connectivity index (χ2n) is 2.46. The number of carbonyl (C=O) groups excluding carboxylic acids is 2. The molecule has 5 heteroatoms. The van der Waals surface area contributed by atoms with Crippen LogP contribution in [-0.4, -0.2) is 31.3 Å². The highest BCUT2D eigenvalue weighted by molar-refractivity contribution is 5.73. The van der Waals surface area contributed by atoms with E-state index in [4.69, 9.17) is 0 Å². The van der Waals surface area contributed by atoms with E-state index < -0.39 is 30.9 Å². The average molecular weight is 164 g/mol. The lowest BCUT2D eigenvalue weighted by atomic mass is 10.2. The van der Waals surface area contributed by atoms with Gasteiger partial charge >= 0.3 is 5.97 Å². The molecule has 0 aliphatic carbocycles. The van der Waals surface area contributed by atoms with Gasteiger partial charge in [0.25, 0.3) is 5.92 Å². The minimum atomic E-state index is -2.79. The van der Waals surface area contributed by atoms with Crippen molar-refractivity contribution in [1.82, 2.24) is 5.32 Å². The Kier molecular flexibility index (Phi) is 1.99. The van der Waals surface area contributed by atoms with E-state index in [-0.39, 0.29) is 0 Å². The number of alkyl halides is 2. The molecule has 0 amide bonds. The van der Waals surface area contributed by atoms with Crippen LogP contribution in [0.25, 0.3) is 0 Å². The van der Waals surface area contributed by atoms with Crippen LogP contribution in [0.4, 0.5) is 8.78 Å². The molecule has 0 saturated carbocycles.